The molecule has 0 fully saturated rings. The molecule has 36 valence electrons. The van der Waals surface area contributed by atoms with E-state index in [2.05, 4.69) is 10.7 Å². The molecule has 0 heterocycles. The van der Waals surface area contributed by atoms with Gasteiger partial charge in [0.2, 0.25) is 0 Å². The van der Waals surface area contributed by atoms with Gasteiger partial charge >= 0.3 is 29.6 Å². The third-order valence-electron chi connectivity index (χ3n) is 0.201. The first-order valence-corrected chi connectivity index (χ1v) is 1.29. The van der Waals surface area contributed by atoms with Crippen LogP contribution in [-0.2, 0) is 9.63 Å². The van der Waals surface area contributed by atoms with Crippen molar-refractivity contribution in [1.82, 2.24) is 0 Å². The first kappa shape index (κ1) is 10.4. The zero-order valence-corrected chi connectivity index (χ0v) is 6.01. The predicted octanol–water partition coefficient (Wildman–Crippen LogP) is -5.37. The van der Waals surface area contributed by atoms with Crippen molar-refractivity contribution >= 4 is 5.97 Å². The van der Waals surface area contributed by atoms with Crippen LogP contribution in [0.3, 0.4) is 0 Å². The van der Waals surface area contributed by atoms with Gasteiger partial charge in [-0.2, -0.15) is 0 Å². The topological polar surface area (TPSA) is 75.4 Å². The molecule has 0 spiro atoms. The molecule has 7 heavy (non-hydrogen) atoms. The van der Waals surface area contributed by atoms with Gasteiger partial charge in [0.15, 0.2) is 0 Å². The summed E-state index contributed by atoms with van der Waals surface area (Å²) in [6.45, 7) is -0.542. The second kappa shape index (κ2) is 6.39. The summed E-state index contributed by atoms with van der Waals surface area (Å²) < 4.78 is 0. The van der Waals surface area contributed by atoms with Gasteiger partial charge in [-0.05, 0) is 0 Å². The molecule has 0 aliphatic heterocycles. The minimum atomic E-state index is -1.31. The van der Waals surface area contributed by atoms with Gasteiger partial charge in [0, 0.05) is 0 Å². The summed E-state index contributed by atoms with van der Waals surface area (Å²) in [7, 11) is 0. The van der Waals surface area contributed by atoms with Crippen LogP contribution in [0.2, 0.25) is 0 Å². The summed E-state index contributed by atoms with van der Waals surface area (Å²) in [5.41, 5.74) is 0. The molecule has 0 unspecified atom stereocenters. The maximum absolute atomic E-state index is 9.28. The quantitative estimate of drug-likeness (QED) is 0.286. The van der Waals surface area contributed by atoms with Gasteiger partial charge in [-0.3, -0.25) is 4.84 Å². The fourth-order valence-corrected chi connectivity index (χ4v) is 0.0680. The number of aliphatic carboxylic acids is 1. The number of carbonyl (C=O) groups excluding carboxylic acids is 1. The molecule has 0 aromatic carbocycles. The van der Waals surface area contributed by atoms with Crippen LogP contribution in [0.1, 0.15) is 0 Å². The van der Waals surface area contributed by atoms with Gasteiger partial charge in [0.1, 0.15) is 6.61 Å². The number of hydrogen-bond acceptors (Lipinski definition) is 4. The molecule has 0 saturated carbocycles. The maximum atomic E-state index is 9.28. The zero-order valence-electron chi connectivity index (χ0n) is 4.01. The number of carboxylic acids is 1. The van der Waals surface area contributed by atoms with E-state index < -0.39 is 12.6 Å². The Morgan fingerprint density at radius 3 is 2.29 bits per heavy atom. The predicted molar refractivity (Wildman–Crippen MR) is 15.1 cm³/mol. The van der Waals surface area contributed by atoms with Crippen molar-refractivity contribution in [3.05, 3.63) is 0 Å². The molecule has 0 aliphatic rings. The Hall–Kier alpha value is 0.390. The van der Waals surface area contributed by atoms with E-state index in [1.807, 2.05) is 0 Å². The van der Waals surface area contributed by atoms with Gasteiger partial charge in [-0.1, -0.05) is 0 Å². The van der Waals surface area contributed by atoms with E-state index in [9.17, 15) is 9.90 Å². The van der Waals surface area contributed by atoms with Crippen LogP contribution in [0.5, 0.6) is 0 Å². The van der Waals surface area contributed by atoms with E-state index in [1.165, 1.54) is 0 Å². The molecule has 2 N–H and O–H groups in total. The Balaban J connectivity index is 0. The molecule has 0 aliphatic carbocycles. The molecule has 0 radical (unpaired) electrons. The van der Waals surface area contributed by atoms with Gasteiger partial charge in [0.25, 0.3) is 0 Å². The van der Waals surface area contributed by atoms with Crippen LogP contribution in [0.4, 0.5) is 0 Å². The van der Waals surface area contributed by atoms with E-state index >= 15 is 0 Å². The standard InChI is InChI=1S/C2H5NO3.Na/c3-6-1-2(4)5;/h1,3H2,(H,4,5);/q;+1/p-1. The molecule has 0 aromatic heterocycles. The van der Waals surface area contributed by atoms with Crippen molar-refractivity contribution in [1.29, 1.82) is 0 Å². The van der Waals surface area contributed by atoms with Crippen molar-refractivity contribution in [3.63, 3.8) is 0 Å². The molecule has 0 saturated heterocycles. The van der Waals surface area contributed by atoms with E-state index in [0.717, 1.165) is 0 Å². The number of hydrogen-bond donors (Lipinski definition) is 1. The van der Waals surface area contributed by atoms with Crippen molar-refractivity contribution in [3.8, 4) is 0 Å². The van der Waals surface area contributed by atoms with Crippen LogP contribution in [0.25, 0.3) is 0 Å². The van der Waals surface area contributed by atoms with Crippen LogP contribution >= 0.6 is 0 Å². The van der Waals surface area contributed by atoms with E-state index in [1.54, 1.807) is 0 Å². The van der Waals surface area contributed by atoms with Crippen LogP contribution in [-0.4, -0.2) is 12.6 Å². The number of rotatable bonds is 2. The molecule has 5 heteroatoms. The Labute approximate surface area is 62.9 Å². The van der Waals surface area contributed by atoms with Gasteiger partial charge in [-0.25, -0.2) is 5.90 Å². The minimum Gasteiger partial charge on any atom is -0.548 e. The second-order valence-electron chi connectivity index (χ2n) is 0.683. The zero-order chi connectivity index (χ0) is 4.99. The summed E-state index contributed by atoms with van der Waals surface area (Å²) in [5, 5.41) is 9.28. The van der Waals surface area contributed by atoms with E-state index in [4.69, 9.17) is 0 Å². The summed E-state index contributed by atoms with van der Waals surface area (Å²) in [5.74, 6) is 3.00. The van der Waals surface area contributed by atoms with Crippen molar-refractivity contribution < 1.29 is 44.3 Å². The summed E-state index contributed by atoms with van der Waals surface area (Å²) in [6.07, 6.45) is 0. The van der Waals surface area contributed by atoms with E-state index in [0.29, 0.717) is 0 Å². The Morgan fingerprint density at radius 1 is 1.86 bits per heavy atom. The average molecular weight is 113 g/mol. The fraction of sp³-hybridized carbons (Fsp3) is 0.500. The average Bonchev–Trinajstić information content (AvgIpc) is 1.35. The third kappa shape index (κ3) is 10.7. The van der Waals surface area contributed by atoms with Crippen LogP contribution < -0.4 is 40.6 Å². The molecule has 0 rings (SSSR count). The van der Waals surface area contributed by atoms with Crippen LogP contribution in [0.15, 0.2) is 0 Å². The van der Waals surface area contributed by atoms with E-state index in [-0.39, 0.29) is 29.6 Å². The van der Waals surface area contributed by atoms with Crippen LogP contribution in [0, 0.1) is 0 Å². The Kier molecular flexibility index (Phi) is 9.48. The molecular weight excluding hydrogens is 109 g/mol. The molecule has 4 nitrogen and oxygen atoms in total. The van der Waals surface area contributed by atoms with Crippen molar-refractivity contribution in [2.24, 2.45) is 5.90 Å². The number of nitrogens with two attached hydrogens (primary N) is 1. The fourth-order valence-electron chi connectivity index (χ4n) is 0.0680. The molecule has 0 atom stereocenters. The van der Waals surface area contributed by atoms with Crippen molar-refractivity contribution in [2.75, 3.05) is 6.61 Å². The first-order chi connectivity index (χ1) is 2.77. The first-order valence-electron chi connectivity index (χ1n) is 1.29. The summed E-state index contributed by atoms with van der Waals surface area (Å²) >= 11 is 0. The SMILES string of the molecule is NOCC(=O)[O-].[Na+]. The third-order valence-corrected chi connectivity index (χ3v) is 0.201. The maximum Gasteiger partial charge on any atom is 1.00 e. The molecule has 0 aromatic rings. The smallest absolute Gasteiger partial charge is 0.548 e. The van der Waals surface area contributed by atoms with Gasteiger partial charge in [0.05, 0.1) is 5.97 Å². The van der Waals surface area contributed by atoms with Gasteiger partial charge in [-0.15, -0.1) is 0 Å². The number of carbonyl (C=O) groups is 1. The Morgan fingerprint density at radius 2 is 2.29 bits per heavy atom. The number of carboxylic acid groups (broad SMARTS) is 1. The Bertz CT molecular complexity index is 56.9. The molecule has 0 amide bonds. The summed E-state index contributed by atoms with van der Waals surface area (Å²) in [6, 6.07) is 0. The van der Waals surface area contributed by atoms with Gasteiger partial charge < -0.3 is 9.90 Å². The van der Waals surface area contributed by atoms with Crippen molar-refractivity contribution in [2.45, 2.75) is 0 Å². The molecular formula is C2H4NNaO3. The normalized spacial score (nSPS) is 7.00. The summed E-state index contributed by atoms with van der Waals surface area (Å²) in [4.78, 5) is 12.9. The minimum absolute atomic E-state index is 0. The molecule has 0 bridgehead atoms. The monoisotopic (exact) mass is 113 g/mol. The largest absolute Gasteiger partial charge is 1.00 e. The second-order valence-corrected chi connectivity index (χ2v) is 0.683.